The van der Waals surface area contributed by atoms with Crippen LogP contribution in [0.4, 0.5) is 0 Å². The normalized spacial score (nSPS) is 18.7. The summed E-state index contributed by atoms with van der Waals surface area (Å²) in [6.07, 6.45) is 7.04. The van der Waals surface area contributed by atoms with E-state index in [4.69, 9.17) is 0 Å². The molecule has 1 aliphatic rings. The molecule has 2 atom stereocenters. The molecule has 4 aromatic rings. The van der Waals surface area contributed by atoms with Crippen molar-refractivity contribution in [3.63, 3.8) is 0 Å². The van der Waals surface area contributed by atoms with Gasteiger partial charge in [0, 0.05) is 23.4 Å². The minimum atomic E-state index is 0.114. The number of hydrogen-bond acceptors (Lipinski definition) is 4. The molecule has 2 unspecified atom stereocenters. The van der Waals surface area contributed by atoms with Gasteiger partial charge in [-0.05, 0) is 36.5 Å². The fourth-order valence-electron chi connectivity index (χ4n) is 4.31. The maximum absolute atomic E-state index is 11.7. The maximum Gasteiger partial charge on any atom is 0.219 e. The minimum absolute atomic E-state index is 0.114. The van der Waals surface area contributed by atoms with Crippen LogP contribution in [-0.2, 0) is 4.79 Å². The highest BCUT2D eigenvalue weighted by molar-refractivity contribution is 5.84. The van der Waals surface area contributed by atoms with E-state index in [0.717, 1.165) is 52.5 Å². The summed E-state index contributed by atoms with van der Waals surface area (Å²) in [5.41, 5.74) is 5.43. The molecule has 7 heteroatoms. The van der Waals surface area contributed by atoms with Crippen molar-refractivity contribution in [2.75, 3.05) is 0 Å². The fraction of sp³-hybridized carbons (Fsp3) is 0.304. The van der Waals surface area contributed by atoms with Crippen LogP contribution in [0.3, 0.4) is 0 Å². The van der Waals surface area contributed by atoms with Crippen LogP contribution in [-0.4, -0.2) is 37.1 Å². The molecule has 2 heterocycles. The molecule has 152 valence electrons. The third-order valence-electron chi connectivity index (χ3n) is 5.97. The first-order valence-corrected chi connectivity index (χ1v) is 10.4. The highest BCUT2D eigenvalue weighted by atomic mass is 16.1. The number of fused-ring (bicyclic) bond motifs is 1. The molecule has 1 aliphatic carbocycles. The standard InChI is InChI=1S/C23H24N6O/c1-2-23(30)26-19-9-10-20(12-19)29-22(14-25-28-29)16-5-3-15(4-6-16)17-7-8-18-13-24-27-21(18)11-17/h3-8,11,13-14,19-20H,2,9-10,12H2,1H3,(H,24,27)(H,26,30). The molecule has 0 spiro atoms. The summed E-state index contributed by atoms with van der Waals surface area (Å²) in [4.78, 5) is 11.7. The number of rotatable bonds is 5. The van der Waals surface area contributed by atoms with Crippen molar-refractivity contribution in [3.8, 4) is 22.4 Å². The number of nitrogens with one attached hydrogen (secondary N) is 2. The van der Waals surface area contributed by atoms with Crippen molar-refractivity contribution >= 4 is 16.8 Å². The zero-order valence-electron chi connectivity index (χ0n) is 16.9. The monoisotopic (exact) mass is 400 g/mol. The summed E-state index contributed by atoms with van der Waals surface area (Å²) in [7, 11) is 0. The summed E-state index contributed by atoms with van der Waals surface area (Å²) >= 11 is 0. The predicted molar refractivity (Wildman–Crippen MR) is 116 cm³/mol. The van der Waals surface area contributed by atoms with Gasteiger partial charge in [0.1, 0.15) is 0 Å². The Bertz CT molecular complexity index is 1180. The third kappa shape index (κ3) is 3.47. The van der Waals surface area contributed by atoms with Crippen molar-refractivity contribution in [1.82, 2.24) is 30.5 Å². The lowest BCUT2D eigenvalue weighted by molar-refractivity contribution is -0.121. The molecule has 1 fully saturated rings. The van der Waals surface area contributed by atoms with Crippen molar-refractivity contribution in [2.24, 2.45) is 0 Å². The van der Waals surface area contributed by atoms with Crippen LogP contribution in [0.25, 0.3) is 33.3 Å². The predicted octanol–water partition coefficient (Wildman–Crippen LogP) is 4.11. The van der Waals surface area contributed by atoms with Gasteiger partial charge in [-0.3, -0.25) is 9.89 Å². The van der Waals surface area contributed by atoms with E-state index < -0.39 is 0 Å². The number of carbonyl (C=O) groups is 1. The first-order chi connectivity index (χ1) is 14.7. The molecule has 1 saturated carbocycles. The van der Waals surface area contributed by atoms with Crippen LogP contribution in [0.2, 0.25) is 0 Å². The summed E-state index contributed by atoms with van der Waals surface area (Å²) in [5.74, 6) is 0.114. The van der Waals surface area contributed by atoms with Crippen LogP contribution in [0.5, 0.6) is 0 Å². The quantitative estimate of drug-likeness (QED) is 0.528. The number of H-pyrrole nitrogens is 1. The summed E-state index contributed by atoms with van der Waals surface area (Å²) in [6.45, 7) is 1.88. The Hall–Kier alpha value is -3.48. The van der Waals surface area contributed by atoms with Crippen LogP contribution in [0.1, 0.15) is 38.6 Å². The molecule has 2 N–H and O–H groups in total. The molecule has 1 amide bonds. The van der Waals surface area contributed by atoms with E-state index >= 15 is 0 Å². The second-order valence-electron chi connectivity index (χ2n) is 7.90. The van der Waals surface area contributed by atoms with Gasteiger partial charge in [0.2, 0.25) is 5.91 Å². The van der Waals surface area contributed by atoms with Crippen LogP contribution >= 0.6 is 0 Å². The average Bonchev–Trinajstić information content (AvgIpc) is 3.53. The average molecular weight is 400 g/mol. The summed E-state index contributed by atoms with van der Waals surface area (Å²) < 4.78 is 2.02. The molecule has 2 aromatic heterocycles. The first kappa shape index (κ1) is 18.5. The second kappa shape index (κ2) is 7.74. The van der Waals surface area contributed by atoms with E-state index in [9.17, 15) is 4.79 Å². The zero-order valence-corrected chi connectivity index (χ0v) is 16.9. The molecule has 0 aliphatic heterocycles. The number of nitrogens with zero attached hydrogens (tertiary/aromatic N) is 4. The second-order valence-corrected chi connectivity index (χ2v) is 7.90. The van der Waals surface area contributed by atoms with Crippen molar-refractivity contribution in [1.29, 1.82) is 0 Å². The third-order valence-corrected chi connectivity index (χ3v) is 5.97. The Kier molecular flexibility index (Phi) is 4.78. The molecular weight excluding hydrogens is 376 g/mol. The Labute approximate surface area is 174 Å². The largest absolute Gasteiger partial charge is 0.353 e. The van der Waals surface area contributed by atoms with E-state index in [2.05, 4.69) is 68.3 Å². The number of amides is 1. The molecule has 2 aromatic carbocycles. The first-order valence-electron chi connectivity index (χ1n) is 10.4. The van der Waals surface area contributed by atoms with Gasteiger partial charge in [-0.15, -0.1) is 5.10 Å². The van der Waals surface area contributed by atoms with Crippen molar-refractivity contribution < 1.29 is 4.79 Å². The highest BCUT2D eigenvalue weighted by Gasteiger charge is 2.29. The molecule has 0 saturated heterocycles. The number of benzene rings is 2. The smallest absolute Gasteiger partial charge is 0.219 e. The fourth-order valence-corrected chi connectivity index (χ4v) is 4.31. The van der Waals surface area contributed by atoms with Gasteiger partial charge in [0.25, 0.3) is 0 Å². The molecule has 7 nitrogen and oxygen atoms in total. The van der Waals surface area contributed by atoms with Gasteiger partial charge in [0.05, 0.1) is 29.6 Å². The summed E-state index contributed by atoms with van der Waals surface area (Å²) in [6, 6.07) is 15.3. The Morgan fingerprint density at radius 2 is 1.90 bits per heavy atom. The van der Waals surface area contributed by atoms with E-state index in [1.807, 2.05) is 24.0 Å². The minimum Gasteiger partial charge on any atom is -0.353 e. The van der Waals surface area contributed by atoms with E-state index in [0.29, 0.717) is 6.42 Å². The lowest BCUT2D eigenvalue weighted by Crippen LogP contribution is -2.32. The Balaban J connectivity index is 1.36. The maximum atomic E-state index is 11.7. The molecule has 0 radical (unpaired) electrons. The van der Waals surface area contributed by atoms with Gasteiger partial charge in [-0.2, -0.15) is 5.10 Å². The van der Waals surface area contributed by atoms with Crippen LogP contribution < -0.4 is 5.32 Å². The number of aromatic nitrogens is 5. The summed E-state index contributed by atoms with van der Waals surface area (Å²) in [5, 5.41) is 19.9. The molecule has 30 heavy (non-hydrogen) atoms. The number of aromatic amines is 1. The Morgan fingerprint density at radius 1 is 1.10 bits per heavy atom. The van der Waals surface area contributed by atoms with E-state index in [-0.39, 0.29) is 18.0 Å². The molecule has 0 bridgehead atoms. The zero-order chi connectivity index (χ0) is 20.5. The highest BCUT2D eigenvalue weighted by Crippen LogP contribution is 2.34. The lowest BCUT2D eigenvalue weighted by atomic mass is 10.0. The van der Waals surface area contributed by atoms with E-state index in [1.165, 1.54) is 0 Å². The topological polar surface area (TPSA) is 88.5 Å². The van der Waals surface area contributed by atoms with Gasteiger partial charge >= 0.3 is 0 Å². The van der Waals surface area contributed by atoms with Crippen molar-refractivity contribution in [3.05, 3.63) is 54.9 Å². The van der Waals surface area contributed by atoms with Crippen LogP contribution in [0.15, 0.2) is 54.9 Å². The van der Waals surface area contributed by atoms with Gasteiger partial charge in [-0.1, -0.05) is 48.5 Å². The van der Waals surface area contributed by atoms with Crippen LogP contribution in [0, 0.1) is 0 Å². The SMILES string of the molecule is CCC(=O)NC1CCC(n2nncc2-c2ccc(-c3ccc4cn[nH]c4c3)cc2)C1. The van der Waals surface area contributed by atoms with Gasteiger partial charge < -0.3 is 5.32 Å². The van der Waals surface area contributed by atoms with E-state index in [1.54, 1.807) is 0 Å². The molecule has 5 rings (SSSR count). The molecular formula is C23H24N6O. The number of carbonyl (C=O) groups excluding carboxylic acids is 1. The van der Waals surface area contributed by atoms with Crippen molar-refractivity contribution in [2.45, 2.75) is 44.7 Å². The lowest BCUT2D eigenvalue weighted by Gasteiger charge is -2.15. The Morgan fingerprint density at radius 3 is 2.73 bits per heavy atom. The van der Waals surface area contributed by atoms with Gasteiger partial charge in [-0.25, -0.2) is 4.68 Å². The number of hydrogen-bond donors (Lipinski definition) is 2. The van der Waals surface area contributed by atoms with Gasteiger partial charge in [0.15, 0.2) is 0 Å².